The van der Waals surface area contributed by atoms with Gasteiger partial charge in [-0.05, 0) is 5.56 Å². The van der Waals surface area contributed by atoms with E-state index in [1.807, 2.05) is 30.3 Å². The molecule has 7 nitrogen and oxygen atoms in total. The molecule has 1 aromatic rings. The van der Waals surface area contributed by atoms with Crippen LogP contribution in [0.15, 0.2) is 30.3 Å². The predicted octanol–water partition coefficient (Wildman–Crippen LogP) is 0.553. The van der Waals surface area contributed by atoms with Crippen LogP contribution in [0.25, 0.3) is 0 Å². The molecule has 0 radical (unpaired) electrons. The van der Waals surface area contributed by atoms with Crippen LogP contribution >= 0.6 is 7.82 Å². The molecule has 0 aliphatic rings. The van der Waals surface area contributed by atoms with Gasteiger partial charge in [-0.25, -0.2) is 9.36 Å². The van der Waals surface area contributed by atoms with E-state index in [-0.39, 0.29) is 0 Å². The van der Waals surface area contributed by atoms with Crippen LogP contribution in [-0.4, -0.2) is 22.5 Å². The highest BCUT2D eigenvalue weighted by atomic mass is 31.2. The van der Waals surface area contributed by atoms with Gasteiger partial charge in [0.15, 0.2) is 0 Å². The Labute approximate surface area is 98.0 Å². The fourth-order valence-electron chi connectivity index (χ4n) is 1.02. The van der Waals surface area contributed by atoms with Crippen LogP contribution in [0, 0.1) is 0 Å². The van der Waals surface area contributed by atoms with Crippen LogP contribution in [-0.2, 0) is 15.6 Å². The van der Waals surface area contributed by atoms with E-state index in [4.69, 9.17) is 9.79 Å². The number of rotatable bonds is 5. The van der Waals surface area contributed by atoms with Crippen LogP contribution in [0.5, 0.6) is 0 Å². The molecule has 8 heteroatoms. The molecule has 0 aliphatic heterocycles. The number of phosphoric ester groups is 1. The molecular weight excluding hydrogens is 247 g/mol. The Balaban J connectivity index is 2.20. The van der Waals surface area contributed by atoms with Gasteiger partial charge >= 0.3 is 13.9 Å². The zero-order valence-corrected chi connectivity index (χ0v) is 9.76. The summed E-state index contributed by atoms with van der Waals surface area (Å²) in [7, 11) is -4.54. The van der Waals surface area contributed by atoms with Gasteiger partial charge in [-0.15, -0.1) is 0 Å². The smallest absolute Gasteiger partial charge is 0.334 e. The van der Waals surface area contributed by atoms with Crippen LogP contribution in [0.2, 0.25) is 0 Å². The van der Waals surface area contributed by atoms with Gasteiger partial charge in [0.25, 0.3) is 0 Å². The number of carbonyl (C=O) groups excluding carboxylic acids is 1. The molecule has 0 unspecified atom stereocenters. The third-order valence-corrected chi connectivity index (χ3v) is 2.23. The number of phosphoric acid groups is 1. The second kappa shape index (κ2) is 6.36. The van der Waals surface area contributed by atoms with E-state index >= 15 is 0 Å². The van der Waals surface area contributed by atoms with Crippen molar-refractivity contribution in [2.75, 3.05) is 6.73 Å². The summed E-state index contributed by atoms with van der Waals surface area (Å²) in [5.74, 6) is 0. The summed E-state index contributed by atoms with van der Waals surface area (Å²) in [6.07, 6.45) is 0. The number of nitrogens with one attached hydrogen (secondary N) is 2. The number of urea groups is 1. The highest BCUT2D eigenvalue weighted by Gasteiger charge is 2.13. The number of benzene rings is 1. The lowest BCUT2D eigenvalue weighted by atomic mass is 10.2. The lowest BCUT2D eigenvalue weighted by Crippen LogP contribution is -2.36. The fourth-order valence-corrected chi connectivity index (χ4v) is 1.26. The molecule has 0 saturated carbocycles. The van der Waals surface area contributed by atoms with Gasteiger partial charge in [0, 0.05) is 6.54 Å². The summed E-state index contributed by atoms with van der Waals surface area (Å²) in [5, 5.41) is 4.65. The third-order valence-electron chi connectivity index (χ3n) is 1.76. The van der Waals surface area contributed by atoms with Crippen molar-refractivity contribution in [2.45, 2.75) is 6.54 Å². The standard InChI is InChI=1S/C9H13N2O5P/c12-9(11-7-16-17(13,14)15)10-6-8-4-2-1-3-5-8/h1-5H,6-7H2,(H2,10,11,12)(H2,13,14,15). The Morgan fingerprint density at radius 2 is 1.88 bits per heavy atom. The van der Waals surface area contributed by atoms with Crippen molar-refractivity contribution in [1.29, 1.82) is 0 Å². The molecule has 2 amide bonds. The normalized spacial score (nSPS) is 10.9. The average Bonchev–Trinajstić information content (AvgIpc) is 2.26. The minimum Gasteiger partial charge on any atom is -0.334 e. The average molecular weight is 260 g/mol. The van der Waals surface area contributed by atoms with Gasteiger partial charge < -0.3 is 20.4 Å². The van der Waals surface area contributed by atoms with Crippen molar-refractivity contribution in [3.63, 3.8) is 0 Å². The van der Waals surface area contributed by atoms with Gasteiger partial charge in [0.05, 0.1) is 0 Å². The van der Waals surface area contributed by atoms with Crippen molar-refractivity contribution in [3.05, 3.63) is 35.9 Å². The molecule has 0 spiro atoms. The number of hydrogen-bond acceptors (Lipinski definition) is 3. The Morgan fingerprint density at radius 3 is 2.47 bits per heavy atom. The first-order chi connectivity index (χ1) is 7.97. The summed E-state index contributed by atoms with van der Waals surface area (Å²) in [6.45, 7) is -0.229. The van der Waals surface area contributed by atoms with Gasteiger partial charge in [-0.3, -0.25) is 4.52 Å². The minimum absolute atomic E-state index is 0.322. The molecule has 0 aromatic heterocycles. The molecule has 1 aromatic carbocycles. The van der Waals surface area contributed by atoms with Gasteiger partial charge in [-0.1, -0.05) is 30.3 Å². The maximum absolute atomic E-state index is 11.1. The van der Waals surface area contributed by atoms with Crippen LogP contribution in [0.3, 0.4) is 0 Å². The van der Waals surface area contributed by atoms with Crippen LogP contribution in [0.4, 0.5) is 4.79 Å². The second-order valence-corrected chi connectivity index (χ2v) is 4.35. The Morgan fingerprint density at radius 1 is 1.24 bits per heavy atom. The summed E-state index contributed by atoms with van der Waals surface area (Å²) >= 11 is 0. The van der Waals surface area contributed by atoms with E-state index in [2.05, 4.69) is 15.2 Å². The van der Waals surface area contributed by atoms with E-state index in [0.717, 1.165) is 5.56 Å². The Kier molecular flexibility index (Phi) is 5.11. The first-order valence-electron chi connectivity index (χ1n) is 4.73. The quantitative estimate of drug-likeness (QED) is 0.457. The van der Waals surface area contributed by atoms with Crippen molar-refractivity contribution >= 4 is 13.9 Å². The summed E-state index contributed by atoms with van der Waals surface area (Å²) < 4.78 is 14.3. The second-order valence-electron chi connectivity index (χ2n) is 3.11. The van der Waals surface area contributed by atoms with Crippen molar-refractivity contribution in [2.24, 2.45) is 0 Å². The summed E-state index contributed by atoms with van der Waals surface area (Å²) in [4.78, 5) is 27.9. The van der Waals surface area contributed by atoms with E-state index in [1.165, 1.54) is 0 Å². The molecule has 0 saturated heterocycles. The molecule has 94 valence electrons. The molecule has 4 N–H and O–H groups in total. The van der Waals surface area contributed by atoms with Gasteiger partial charge in [0.1, 0.15) is 6.73 Å². The molecule has 17 heavy (non-hydrogen) atoms. The van der Waals surface area contributed by atoms with Crippen molar-refractivity contribution in [3.8, 4) is 0 Å². The SMILES string of the molecule is O=C(NCOP(=O)(O)O)NCc1ccccc1. The molecule has 0 aliphatic carbocycles. The van der Waals surface area contributed by atoms with Crippen LogP contribution in [0.1, 0.15) is 5.56 Å². The molecule has 0 atom stereocenters. The molecular formula is C9H13N2O5P. The lowest BCUT2D eigenvalue weighted by molar-refractivity contribution is 0.180. The highest BCUT2D eigenvalue weighted by molar-refractivity contribution is 7.46. The number of amides is 2. The van der Waals surface area contributed by atoms with Crippen molar-refractivity contribution < 1.29 is 23.7 Å². The van der Waals surface area contributed by atoms with Gasteiger partial charge in [0.2, 0.25) is 0 Å². The molecule has 0 bridgehead atoms. The summed E-state index contributed by atoms with van der Waals surface area (Å²) in [6, 6.07) is 8.65. The maximum atomic E-state index is 11.1. The Bertz CT molecular complexity index is 405. The van der Waals surface area contributed by atoms with Crippen molar-refractivity contribution in [1.82, 2.24) is 10.6 Å². The van der Waals surface area contributed by atoms with E-state index in [0.29, 0.717) is 6.54 Å². The first kappa shape index (κ1) is 13.7. The minimum atomic E-state index is -4.54. The molecule has 1 rings (SSSR count). The van der Waals surface area contributed by atoms with E-state index in [9.17, 15) is 9.36 Å². The predicted molar refractivity (Wildman–Crippen MR) is 59.8 cm³/mol. The topological polar surface area (TPSA) is 108 Å². The number of carbonyl (C=O) groups is 1. The zero-order chi connectivity index (χ0) is 12.7. The Hall–Kier alpha value is -1.40. The van der Waals surface area contributed by atoms with E-state index in [1.54, 1.807) is 0 Å². The zero-order valence-electron chi connectivity index (χ0n) is 8.87. The molecule has 0 heterocycles. The highest BCUT2D eigenvalue weighted by Crippen LogP contribution is 2.34. The monoisotopic (exact) mass is 260 g/mol. The van der Waals surface area contributed by atoms with E-state index < -0.39 is 20.6 Å². The van der Waals surface area contributed by atoms with Crippen LogP contribution < -0.4 is 10.6 Å². The lowest BCUT2D eigenvalue weighted by Gasteiger charge is -2.08. The first-order valence-corrected chi connectivity index (χ1v) is 6.26. The molecule has 0 fully saturated rings. The third kappa shape index (κ3) is 6.70. The maximum Gasteiger partial charge on any atom is 0.471 e. The fraction of sp³-hybridized carbons (Fsp3) is 0.222. The number of hydrogen-bond donors (Lipinski definition) is 4. The van der Waals surface area contributed by atoms with Gasteiger partial charge in [-0.2, -0.15) is 0 Å². The summed E-state index contributed by atoms with van der Waals surface area (Å²) in [5.41, 5.74) is 0.915. The largest absolute Gasteiger partial charge is 0.471 e.